The maximum absolute atomic E-state index is 13.9. The molecule has 0 aliphatic rings. The molecule has 0 spiro atoms. The molecule has 0 fully saturated rings. The molecule has 166 valence electrons. The smallest absolute Gasteiger partial charge is 0.258 e. The van der Waals surface area contributed by atoms with Gasteiger partial charge in [-0.1, -0.05) is 6.07 Å². The van der Waals surface area contributed by atoms with Gasteiger partial charge in [-0.25, -0.2) is 18.7 Å². The topological polar surface area (TPSA) is 82.5 Å². The molecule has 0 aliphatic heterocycles. The van der Waals surface area contributed by atoms with Crippen LogP contribution in [0.15, 0.2) is 24.4 Å². The number of halogens is 3. The first-order valence-electron chi connectivity index (χ1n) is 9.93. The summed E-state index contributed by atoms with van der Waals surface area (Å²) in [7, 11) is 0. The molecule has 0 bridgehead atoms. The number of ketones is 1. The Bertz CT molecular complexity index is 1090. The molecule has 2 N–H and O–H groups in total. The van der Waals surface area contributed by atoms with Gasteiger partial charge in [0.05, 0.1) is 23.6 Å². The number of aromatic nitrogens is 3. The summed E-state index contributed by atoms with van der Waals surface area (Å²) in [5.41, 5.74) is 6.64. The fraction of sp³-hybridized carbons (Fsp3) is 0.409. The Balaban J connectivity index is 1.90. The van der Waals surface area contributed by atoms with E-state index in [4.69, 9.17) is 10.5 Å². The summed E-state index contributed by atoms with van der Waals surface area (Å²) in [6.45, 7) is 4.17. The Morgan fingerprint density at radius 2 is 1.87 bits per heavy atom. The van der Waals surface area contributed by atoms with Crippen molar-refractivity contribution in [1.29, 1.82) is 0 Å². The Morgan fingerprint density at radius 1 is 1.19 bits per heavy atom. The number of imidazole rings is 1. The van der Waals surface area contributed by atoms with E-state index in [0.717, 1.165) is 12.1 Å². The Morgan fingerprint density at radius 3 is 2.52 bits per heavy atom. The zero-order valence-corrected chi connectivity index (χ0v) is 17.7. The highest BCUT2D eigenvalue weighted by atomic mass is 19.1. The van der Waals surface area contributed by atoms with Crippen molar-refractivity contribution in [3.05, 3.63) is 58.7 Å². The van der Waals surface area contributed by atoms with E-state index in [9.17, 15) is 18.0 Å². The molecule has 3 aromatic rings. The van der Waals surface area contributed by atoms with E-state index in [0.29, 0.717) is 23.5 Å². The van der Waals surface area contributed by atoms with E-state index >= 15 is 0 Å². The quantitative estimate of drug-likeness (QED) is 0.510. The summed E-state index contributed by atoms with van der Waals surface area (Å²) in [4.78, 5) is 21.6. The highest BCUT2D eigenvalue weighted by Crippen LogP contribution is 2.25. The van der Waals surface area contributed by atoms with E-state index in [2.05, 4.69) is 9.97 Å². The van der Waals surface area contributed by atoms with Crippen molar-refractivity contribution in [3.63, 3.8) is 0 Å². The van der Waals surface area contributed by atoms with E-state index < -0.39 is 23.8 Å². The van der Waals surface area contributed by atoms with E-state index in [-0.39, 0.29) is 42.3 Å². The second kappa shape index (κ2) is 9.05. The summed E-state index contributed by atoms with van der Waals surface area (Å²) in [5, 5.41) is 0. The van der Waals surface area contributed by atoms with Crippen molar-refractivity contribution in [1.82, 2.24) is 14.4 Å². The second-order valence-electron chi connectivity index (χ2n) is 7.93. The summed E-state index contributed by atoms with van der Waals surface area (Å²) >= 11 is 0. The number of rotatable bonds is 9. The molecule has 9 heteroatoms. The third-order valence-corrected chi connectivity index (χ3v) is 5.14. The number of fused-ring (bicyclic) bond motifs is 1. The number of carbonyl (C=O) groups excluding carboxylic acids is 1. The molecule has 31 heavy (non-hydrogen) atoms. The predicted octanol–water partition coefficient (Wildman–Crippen LogP) is 4.24. The van der Waals surface area contributed by atoms with Crippen LogP contribution < -0.4 is 10.5 Å². The van der Waals surface area contributed by atoms with Gasteiger partial charge in [-0.15, -0.1) is 0 Å². The van der Waals surface area contributed by atoms with Gasteiger partial charge >= 0.3 is 0 Å². The number of hydrogen-bond acceptors (Lipinski definition) is 5. The summed E-state index contributed by atoms with van der Waals surface area (Å²) < 4.78 is 47.6. The third kappa shape index (κ3) is 5.04. The van der Waals surface area contributed by atoms with Crippen molar-refractivity contribution < 1.29 is 22.7 Å². The van der Waals surface area contributed by atoms with Gasteiger partial charge in [0.1, 0.15) is 23.9 Å². The first kappa shape index (κ1) is 22.7. The molecule has 2 aromatic heterocycles. The number of nitrogens with two attached hydrogens (primary N) is 1. The first-order chi connectivity index (χ1) is 14.6. The molecule has 0 radical (unpaired) electrons. The fourth-order valence-corrected chi connectivity index (χ4v) is 3.35. The summed E-state index contributed by atoms with van der Waals surface area (Å²) in [5.74, 6) is -1.59. The second-order valence-corrected chi connectivity index (χ2v) is 7.93. The van der Waals surface area contributed by atoms with Gasteiger partial charge in [-0.2, -0.15) is 0 Å². The standard InChI is InChI=1S/C22H25F3N4O2/c1-13-11-29-19(18(30)7-8-22(3,26)9-10-23)14(2)28-20(29)21(27-13)31-12-15-16(24)5-4-6-17(15)25/h4-6,11H,7-10,12,26H2,1-3H3. The molecule has 1 atom stereocenters. The molecular weight excluding hydrogens is 409 g/mol. The number of nitrogens with zero attached hydrogens (tertiary/aromatic N) is 3. The van der Waals surface area contributed by atoms with Gasteiger partial charge in [-0.3, -0.25) is 13.6 Å². The number of benzene rings is 1. The Hall–Kier alpha value is -2.94. The SMILES string of the molecule is Cc1cn2c(C(=O)CCC(C)(N)CCF)c(C)nc2c(OCc2c(F)cccc2F)n1. The number of alkyl halides is 1. The molecule has 2 heterocycles. The van der Waals surface area contributed by atoms with E-state index in [1.165, 1.54) is 6.07 Å². The minimum absolute atomic E-state index is 0.0610. The number of carbonyl (C=O) groups is 1. The van der Waals surface area contributed by atoms with Gasteiger partial charge in [0, 0.05) is 18.2 Å². The molecule has 1 aromatic carbocycles. The van der Waals surface area contributed by atoms with Crippen molar-refractivity contribution in [3.8, 4) is 5.88 Å². The monoisotopic (exact) mass is 434 g/mol. The summed E-state index contributed by atoms with van der Waals surface area (Å²) in [6, 6.07) is 3.56. The van der Waals surface area contributed by atoms with Crippen molar-refractivity contribution in [2.24, 2.45) is 5.73 Å². The minimum atomic E-state index is -0.783. The molecule has 0 amide bonds. The van der Waals surface area contributed by atoms with Crippen molar-refractivity contribution >= 4 is 11.4 Å². The van der Waals surface area contributed by atoms with Gasteiger partial charge in [-0.05, 0) is 45.7 Å². The fourth-order valence-electron chi connectivity index (χ4n) is 3.35. The highest BCUT2D eigenvalue weighted by molar-refractivity contribution is 5.96. The molecule has 0 saturated heterocycles. The highest BCUT2D eigenvalue weighted by Gasteiger charge is 2.24. The predicted molar refractivity (Wildman–Crippen MR) is 110 cm³/mol. The maximum Gasteiger partial charge on any atom is 0.258 e. The van der Waals surface area contributed by atoms with Crippen molar-refractivity contribution in [2.75, 3.05) is 6.67 Å². The minimum Gasteiger partial charge on any atom is -0.470 e. The Labute approximate surface area is 178 Å². The van der Waals surface area contributed by atoms with Gasteiger partial charge in [0.2, 0.25) is 5.65 Å². The number of ether oxygens (including phenoxy) is 1. The first-order valence-corrected chi connectivity index (χ1v) is 9.93. The van der Waals surface area contributed by atoms with Crippen LogP contribution in [0, 0.1) is 25.5 Å². The zero-order valence-electron chi connectivity index (χ0n) is 17.7. The van der Waals surface area contributed by atoms with Crippen LogP contribution in [0.3, 0.4) is 0 Å². The van der Waals surface area contributed by atoms with Crippen LogP contribution in [0.4, 0.5) is 13.2 Å². The molecule has 6 nitrogen and oxygen atoms in total. The van der Waals surface area contributed by atoms with Crippen LogP contribution in [-0.2, 0) is 6.61 Å². The lowest BCUT2D eigenvalue weighted by atomic mass is 9.92. The molecular formula is C22H25F3N4O2. The lowest BCUT2D eigenvalue weighted by molar-refractivity contribution is 0.0963. The average molecular weight is 434 g/mol. The van der Waals surface area contributed by atoms with Gasteiger partial charge in [0.15, 0.2) is 5.78 Å². The van der Waals surface area contributed by atoms with Crippen LogP contribution >= 0.6 is 0 Å². The third-order valence-electron chi connectivity index (χ3n) is 5.14. The normalized spacial score (nSPS) is 13.4. The largest absolute Gasteiger partial charge is 0.470 e. The van der Waals surface area contributed by atoms with Crippen molar-refractivity contribution in [2.45, 2.75) is 52.2 Å². The summed E-state index contributed by atoms with van der Waals surface area (Å²) in [6.07, 6.45) is 2.25. The maximum atomic E-state index is 13.9. The molecule has 1 unspecified atom stereocenters. The zero-order chi connectivity index (χ0) is 22.8. The van der Waals surface area contributed by atoms with E-state index in [1.807, 2.05) is 0 Å². The van der Waals surface area contributed by atoms with Gasteiger partial charge < -0.3 is 10.5 Å². The Kier molecular flexibility index (Phi) is 6.64. The van der Waals surface area contributed by atoms with E-state index in [1.54, 1.807) is 31.4 Å². The molecule has 3 rings (SSSR count). The van der Waals surface area contributed by atoms with Crippen LogP contribution in [0.2, 0.25) is 0 Å². The lowest BCUT2D eigenvalue weighted by Crippen LogP contribution is -2.37. The van der Waals surface area contributed by atoms with Crippen LogP contribution in [0.25, 0.3) is 5.65 Å². The van der Waals surface area contributed by atoms with Crippen LogP contribution in [0.1, 0.15) is 53.6 Å². The number of aryl methyl sites for hydroxylation is 2. The molecule has 0 aliphatic carbocycles. The van der Waals surface area contributed by atoms with Crippen LogP contribution in [0.5, 0.6) is 5.88 Å². The molecule has 0 saturated carbocycles. The number of Topliss-reactive ketones (excluding diaryl/α,β-unsaturated/α-hetero) is 1. The average Bonchev–Trinajstić information content (AvgIpc) is 3.01. The van der Waals surface area contributed by atoms with Gasteiger partial charge in [0.25, 0.3) is 5.88 Å². The lowest BCUT2D eigenvalue weighted by Gasteiger charge is -2.22. The number of hydrogen-bond donors (Lipinski definition) is 1. The van der Waals surface area contributed by atoms with Crippen LogP contribution in [-0.4, -0.2) is 32.4 Å².